The first kappa shape index (κ1) is 13.7. The van der Waals surface area contributed by atoms with Crippen LogP contribution < -0.4 is 10.2 Å². The third kappa shape index (κ3) is 3.01. The largest absolute Gasteiger partial charge is 0.392 e. The summed E-state index contributed by atoms with van der Waals surface area (Å²) < 4.78 is 27.7. The zero-order valence-electron chi connectivity index (χ0n) is 10.6. The molecule has 6 heteroatoms. The van der Waals surface area contributed by atoms with Gasteiger partial charge in [0.25, 0.3) is 0 Å². The van der Waals surface area contributed by atoms with Crippen LogP contribution in [0.2, 0.25) is 0 Å². The minimum Gasteiger partial charge on any atom is -0.392 e. The Bertz CT molecular complexity index is 471. The molecule has 0 aliphatic carbocycles. The van der Waals surface area contributed by atoms with Gasteiger partial charge in [-0.05, 0) is 24.1 Å². The van der Waals surface area contributed by atoms with Gasteiger partial charge in [-0.2, -0.15) is 0 Å². The number of rotatable bonds is 3. The molecule has 1 amide bonds. The Morgan fingerprint density at radius 1 is 1.47 bits per heavy atom. The summed E-state index contributed by atoms with van der Waals surface area (Å²) in [5.41, 5.74) is 0.112. The summed E-state index contributed by atoms with van der Waals surface area (Å²) in [5, 5.41) is 11.6. The Morgan fingerprint density at radius 3 is 2.63 bits per heavy atom. The van der Waals surface area contributed by atoms with Crippen LogP contribution in [0, 0.1) is 11.6 Å². The molecular weight excluding hydrogens is 254 g/mol. The van der Waals surface area contributed by atoms with Crippen molar-refractivity contribution in [2.75, 3.05) is 18.0 Å². The number of aliphatic hydroxyl groups is 1. The van der Waals surface area contributed by atoms with Gasteiger partial charge in [-0.1, -0.05) is 0 Å². The number of anilines is 1. The van der Waals surface area contributed by atoms with Crippen molar-refractivity contribution in [3.8, 4) is 0 Å². The van der Waals surface area contributed by atoms with Crippen LogP contribution >= 0.6 is 0 Å². The van der Waals surface area contributed by atoms with Crippen molar-refractivity contribution in [3.05, 3.63) is 29.3 Å². The Kier molecular flexibility index (Phi) is 3.99. The molecule has 0 spiro atoms. The lowest BCUT2D eigenvalue weighted by atomic mass is 10.2. The molecule has 2 rings (SSSR count). The Labute approximate surface area is 110 Å². The second kappa shape index (κ2) is 5.52. The molecule has 1 heterocycles. The molecular formula is C13H16F2N2O2. The number of hydrogen-bond donors (Lipinski definition) is 2. The van der Waals surface area contributed by atoms with Crippen LogP contribution in [-0.4, -0.2) is 30.1 Å². The van der Waals surface area contributed by atoms with E-state index in [1.807, 2.05) is 0 Å². The summed E-state index contributed by atoms with van der Waals surface area (Å²) in [6.45, 7) is 1.88. The van der Waals surface area contributed by atoms with Gasteiger partial charge >= 0.3 is 0 Å². The maximum Gasteiger partial charge on any atom is 0.217 e. The van der Waals surface area contributed by atoms with Gasteiger partial charge in [0.1, 0.15) is 17.3 Å². The van der Waals surface area contributed by atoms with Gasteiger partial charge in [-0.25, -0.2) is 8.78 Å². The maximum atomic E-state index is 13.9. The number of hydrogen-bond acceptors (Lipinski definition) is 3. The molecule has 1 saturated heterocycles. The van der Waals surface area contributed by atoms with Crippen LogP contribution in [0.1, 0.15) is 18.9 Å². The van der Waals surface area contributed by atoms with Crippen molar-refractivity contribution in [3.63, 3.8) is 0 Å². The first-order valence-corrected chi connectivity index (χ1v) is 6.12. The number of nitrogens with one attached hydrogen (secondary N) is 1. The van der Waals surface area contributed by atoms with Crippen LogP contribution in [0.15, 0.2) is 12.1 Å². The third-order valence-corrected chi connectivity index (χ3v) is 3.17. The van der Waals surface area contributed by atoms with Crippen LogP contribution in [-0.2, 0) is 11.4 Å². The van der Waals surface area contributed by atoms with Crippen LogP contribution in [0.3, 0.4) is 0 Å². The average molecular weight is 270 g/mol. The number of halogens is 2. The molecule has 1 aromatic rings. The van der Waals surface area contributed by atoms with E-state index in [-0.39, 0.29) is 23.2 Å². The minimum absolute atomic E-state index is 0.0891. The van der Waals surface area contributed by atoms with Crippen LogP contribution in [0.5, 0.6) is 0 Å². The number of benzene rings is 1. The molecule has 0 radical (unpaired) electrons. The molecule has 0 saturated carbocycles. The van der Waals surface area contributed by atoms with Gasteiger partial charge in [0.15, 0.2) is 0 Å². The van der Waals surface area contributed by atoms with E-state index in [4.69, 9.17) is 5.11 Å². The van der Waals surface area contributed by atoms with Crippen molar-refractivity contribution in [2.24, 2.45) is 0 Å². The SMILES string of the molecule is CC(=O)NC1CCN(c2c(F)cc(CO)cc2F)C1. The Balaban J connectivity index is 2.17. The first-order chi connectivity index (χ1) is 9.01. The molecule has 0 aromatic heterocycles. The lowest BCUT2D eigenvalue weighted by molar-refractivity contribution is -0.119. The molecule has 2 N–H and O–H groups in total. The molecule has 0 bridgehead atoms. The van der Waals surface area contributed by atoms with E-state index in [1.54, 1.807) is 4.90 Å². The summed E-state index contributed by atoms with van der Waals surface area (Å²) in [5.74, 6) is -1.52. The van der Waals surface area contributed by atoms with E-state index in [0.29, 0.717) is 19.5 Å². The molecule has 104 valence electrons. The third-order valence-electron chi connectivity index (χ3n) is 3.17. The summed E-state index contributed by atoms with van der Waals surface area (Å²) in [4.78, 5) is 12.5. The molecule has 1 aliphatic heterocycles. The Hall–Kier alpha value is -1.69. The fraction of sp³-hybridized carbons (Fsp3) is 0.462. The highest BCUT2D eigenvalue weighted by Gasteiger charge is 2.27. The fourth-order valence-corrected chi connectivity index (χ4v) is 2.38. The minimum atomic E-state index is -0.687. The maximum absolute atomic E-state index is 13.9. The van der Waals surface area contributed by atoms with Gasteiger partial charge in [0, 0.05) is 26.1 Å². The van der Waals surface area contributed by atoms with E-state index in [1.165, 1.54) is 6.92 Å². The van der Waals surface area contributed by atoms with Crippen molar-refractivity contribution in [1.82, 2.24) is 5.32 Å². The normalized spacial score (nSPS) is 18.7. The average Bonchev–Trinajstić information content (AvgIpc) is 2.75. The monoisotopic (exact) mass is 270 g/mol. The molecule has 1 aliphatic rings. The summed E-state index contributed by atoms with van der Waals surface area (Å²) >= 11 is 0. The standard InChI is InChI=1S/C13H16F2N2O2/c1-8(19)16-10-2-3-17(6-10)13-11(14)4-9(7-18)5-12(13)15/h4-5,10,18H,2-3,6-7H2,1H3,(H,16,19). The second-order valence-electron chi connectivity index (χ2n) is 4.70. The molecule has 4 nitrogen and oxygen atoms in total. The molecule has 1 fully saturated rings. The van der Waals surface area contributed by atoms with Gasteiger partial charge in [-0.3, -0.25) is 4.79 Å². The smallest absolute Gasteiger partial charge is 0.217 e. The molecule has 1 unspecified atom stereocenters. The Morgan fingerprint density at radius 2 is 2.11 bits per heavy atom. The van der Waals surface area contributed by atoms with Crippen LogP contribution in [0.25, 0.3) is 0 Å². The van der Waals surface area contributed by atoms with Crippen molar-refractivity contribution in [2.45, 2.75) is 26.0 Å². The fourth-order valence-electron chi connectivity index (χ4n) is 2.38. The van der Waals surface area contributed by atoms with Crippen molar-refractivity contribution in [1.29, 1.82) is 0 Å². The summed E-state index contributed by atoms with van der Waals surface area (Å²) in [7, 11) is 0. The van der Waals surface area contributed by atoms with E-state index in [9.17, 15) is 13.6 Å². The number of aliphatic hydroxyl groups excluding tert-OH is 1. The summed E-state index contributed by atoms with van der Waals surface area (Å²) in [6, 6.07) is 2.17. The quantitative estimate of drug-likeness (QED) is 0.867. The van der Waals surface area contributed by atoms with Crippen LogP contribution in [0.4, 0.5) is 14.5 Å². The number of amides is 1. The van der Waals surface area contributed by atoms with E-state index in [0.717, 1.165) is 12.1 Å². The van der Waals surface area contributed by atoms with Crippen molar-refractivity contribution >= 4 is 11.6 Å². The number of carbonyl (C=O) groups excluding carboxylic acids is 1. The first-order valence-electron chi connectivity index (χ1n) is 6.12. The molecule has 1 atom stereocenters. The van der Waals surface area contributed by atoms with E-state index >= 15 is 0 Å². The van der Waals surface area contributed by atoms with Gasteiger partial charge in [0.05, 0.1) is 6.61 Å². The van der Waals surface area contributed by atoms with Gasteiger partial charge in [-0.15, -0.1) is 0 Å². The predicted molar refractivity (Wildman–Crippen MR) is 66.7 cm³/mol. The zero-order chi connectivity index (χ0) is 14.0. The van der Waals surface area contributed by atoms with E-state index < -0.39 is 18.2 Å². The number of carbonyl (C=O) groups is 1. The lowest BCUT2D eigenvalue weighted by Crippen LogP contribution is -2.35. The highest BCUT2D eigenvalue weighted by molar-refractivity contribution is 5.73. The topological polar surface area (TPSA) is 52.6 Å². The highest BCUT2D eigenvalue weighted by Crippen LogP contribution is 2.28. The lowest BCUT2D eigenvalue weighted by Gasteiger charge is -2.20. The zero-order valence-corrected chi connectivity index (χ0v) is 10.6. The van der Waals surface area contributed by atoms with Gasteiger partial charge in [0.2, 0.25) is 5.91 Å². The predicted octanol–water partition coefficient (Wildman–Crippen LogP) is 1.17. The van der Waals surface area contributed by atoms with Gasteiger partial charge < -0.3 is 15.3 Å². The van der Waals surface area contributed by atoms with E-state index in [2.05, 4.69) is 5.32 Å². The molecule has 1 aromatic carbocycles. The number of nitrogens with zero attached hydrogens (tertiary/aromatic N) is 1. The summed E-state index contributed by atoms with van der Waals surface area (Å²) in [6.07, 6.45) is 0.653. The highest BCUT2D eigenvalue weighted by atomic mass is 19.1. The second-order valence-corrected chi connectivity index (χ2v) is 4.70. The van der Waals surface area contributed by atoms with Crippen molar-refractivity contribution < 1.29 is 18.7 Å². The molecule has 19 heavy (non-hydrogen) atoms.